The lowest BCUT2D eigenvalue weighted by molar-refractivity contribution is -0.870. The molecule has 0 aliphatic carbocycles. The molecule has 0 radical (unpaired) electrons. The number of ether oxygens (including phenoxy) is 1. The van der Waals surface area contributed by atoms with E-state index in [9.17, 15) is 4.79 Å². The van der Waals surface area contributed by atoms with E-state index in [1.807, 2.05) is 5.83 Å². The van der Waals surface area contributed by atoms with Gasteiger partial charge in [0.2, 0.25) is 0 Å². The molecule has 0 spiro atoms. The molecule has 0 heterocycles. The predicted molar refractivity (Wildman–Crippen MR) is 137 cm³/mol. The molecule has 180 valence electrons. The number of halogens is 1. The number of rotatable bonds is 20. The molecule has 0 rings (SSSR count). The molecule has 30 heavy (non-hydrogen) atoms. The highest BCUT2D eigenvalue weighted by molar-refractivity contribution is 9.08. The molecule has 0 atom stereocenters. The first-order valence-corrected chi connectivity index (χ1v) is 14.0. The molecule has 0 saturated heterocycles. The summed E-state index contributed by atoms with van der Waals surface area (Å²) in [5.74, 6) is 1.79. The van der Waals surface area contributed by atoms with Gasteiger partial charge in [-0.05, 0) is 37.9 Å². The molecule has 0 fully saturated rings. The van der Waals surface area contributed by atoms with E-state index >= 15 is 0 Å². The Morgan fingerprint density at radius 3 is 1.70 bits per heavy atom. The molecule has 0 aliphatic rings. The lowest BCUT2D eigenvalue weighted by Gasteiger charge is -2.23. The van der Waals surface area contributed by atoms with Crippen LogP contribution in [0.15, 0.2) is 12.2 Å². The van der Waals surface area contributed by atoms with Gasteiger partial charge in [-0.1, -0.05) is 92.8 Å². The van der Waals surface area contributed by atoms with Gasteiger partial charge in [0.05, 0.1) is 40.7 Å². The summed E-state index contributed by atoms with van der Waals surface area (Å²) in [7, 11) is 6.45. The normalized spacial score (nSPS) is 11.4. The summed E-state index contributed by atoms with van der Waals surface area (Å²) in [4.78, 5) is 11.7. The molecule has 0 aromatic rings. The van der Waals surface area contributed by atoms with Gasteiger partial charge in [-0.25, -0.2) is 0 Å². The number of quaternary nitrogens is 1. The van der Waals surface area contributed by atoms with Gasteiger partial charge in [-0.2, -0.15) is 0 Å². The Morgan fingerprint density at radius 1 is 0.733 bits per heavy atom. The number of esters is 1. The maximum Gasteiger partial charge on any atom is 0.306 e. The highest BCUT2D eigenvalue weighted by Crippen LogP contribution is 2.10. The van der Waals surface area contributed by atoms with Crippen LogP contribution in [-0.4, -0.2) is 50.6 Å². The summed E-state index contributed by atoms with van der Waals surface area (Å²) < 4.78 is 6.23. The van der Waals surface area contributed by atoms with E-state index in [-0.39, 0.29) is 5.97 Å². The van der Waals surface area contributed by atoms with Crippen LogP contribution in [0.1, 0.15) is 110 Å². The van der Waals surface area contributed by atoms with Gasteiger partial charge in [0.15, 0.2) is 0 Å². The Balaban J connectivity index is 0. The number of allylic oxidation sites excluding steroid dienone is 2. The van der Waals surface area contributed by atoms with Crippen molar-refractivity contribution in [3.05, 3.63) is 12.2 Å². The van der Waals surface area contributed by atoms with Crippen molar-refractivity contribution < 1.29 is 14.0 Å². The number of hydrogen-bond donors (Lipinski definition) is 0. The molecule has 0 unspecified atom stereocenters. The van der Waals surface area contributed by atoms with Crippen molar-refractivity contribution in [1.82, 2.24) is 0 Å². The number of carbonyl (C=O) groups excluding carboxylic acids is 1. The molecule has 0 saturated carbocycles. The van der Waals surface area contributed by atoms with E-state index in [1.54, 1.807) is 0 Å². The Bertz CT molecular complexity index is 378. The van der Waals surface area contributed by atoms with E-state index in [0.29, 0.717) is 13.0 Å². The standard InChI is InChI=1S/C25H50NO2.CH3Br/c1-5-6-7-8-9-10-11-12-13-14-15-16-17-18-19-20-24-28-25(27)22-21-23-26(2,3)4;1-2/h12-13H,5-11,14-24H2,1-4H3;1H3/q+1;/b13-12+;. The third-order valence-electron chi connectivity index (χ3n) is 5.13. The van der Waals surface area contributed by atoms with Gasteiger partial charge in [-0.15, -0.1) is 0 Å². The van der Waals surface area contributed by atoms with Crippen LogP contribution in [0.2, 0.25) is 0 Å². The maximum atomic E-state index is 11.7. The SMILES string of the molecule is CBr.CCCCCCCC/C=C/CCCCCCCCOC(=O)CCC[N+](C)(C)C. The number of alkyl halides is 1. The van der Waals surface area contributed by atoms with Crippen molar-refractivity contribution in [3.8, 4) is 0 Å². The van der Waals surface area contributed by atoms with Crippen LogP contribution in [0, 0.1) is 0 Å². The minimum Gasteiger partial charge on any atom is -0.466 e. The fourth-order valence-electron chi connectivity index (χ4n) is 3.31. The van der Waals surface area contributed by atoms with Crippen LogP contribution in [0.3, 0.4) is 0 Å². The van der Waals surface area contributed by atoms with Crippen molar-refractivity contribution in [2.75, 3.05) is 40.1 Å². The van der Waals surface area contributed by atoms with E-state index in [2.05, 4.69) is 56.1 Å². The van der Waals surface area contributed by atoms with Gasteiger partial charge in [0, 0.05) is 6.42 Å². The molecule has 4 heteroatoms. The molecular weight excluding hydrogens is 438 g/mol. The quantitative estimate of drug-likeness (QED) is 0.0566. The fourth-order valence-corrected chi connectivity index (χ4v) is 3.31. The number of nitrogens with zero attached hydrogens (tertiary/aromatic N) is 1. The van der Waals surface area contributed by atoms with Crippen LogP contribution >= 0.6 is 15.9 Å². The summed E-state index contributed by atoms with van der Waals surface area (Å²) in [6.07, 6.45) is 24.5. The smallest absolute Gasteiger partial charge is 0.306 e. The van der Waals surface area contributed by atoms with Crippen LogP contribution in [0.5, 0.6) is 0 Å². The molecule has 0 aromatic carbocycles. The second kappa shape index (κ2) is 24.9. The number of hydrogen-bond acceptors (Lipinski definition) is 2. The molecular formula is C26H53BrNO2+. The van der Waals surface area contributed by atoms with Crippen LogP contribution in [0.25, 0.3) is 0 Å². The average molecular weight is 492 g/mol. The lowest BCUT2D eigenvalue weighted by atomic mass is 10.1. The Hall–Kier alpha value is -0.350. The monoisotopic (exact) mass is 490 g/mol. The second-order valence-electron chi connectivity index (χ2n) is 9.28. The van der Waals surface area contributed by atoms with E-state index in [0.717, 1.165) is 23.9 Å². The van der Waals surface area contributed by atoms with E-state index < -0.39 is 0 Å². The summed E-state index contributed by atoms with van der Waals surface area (Å²) in [6.45, 7) is 3.89. The molecule has 0 amide bonds. The largest absolute Gasteiger partial charge is 0.466 e. The number of carbonyl (C=O) groups is 1. The minimum absolute atomic E-state index is 0.0267. The Kier molecular flexibility index (Phi) is 26.4. The molecule has 0 aromatic heterocycles. The maximum absolute atomic E-state index is 11.7. The van der Waals surface area contributed by atoms with Crippen molar-refractivity contribution in [3.63, 3.8) is 0 Å². The number of unbranched alkanes of at least 4 members (excludes halogenated alkanes) is 12. The van der Waals surface area contributed by atoms with Crippen molar-refractivity contribution in [1.29, 1.82) is 0 Å². The highest BCUT2D eigenvalue weighted by atomic mass is 79.9. The van der Waals surface area contributed by atoms with Crippen LogP contribution < -0.4 is 0 Å². The third-order valence-corrected chi connectivity index (χ3v) is 5.13. The molecule has 0 N–H and O–H groups in total. The van der Waals surface area contributed by atoms with Crippen LogP contribution in [0.4, 0.5) is 0 Å². The first-order chi connectivity index (χ1) is 14.5. The summed E-state index contributed by atoms with van der Waals surface area (Å²) >= 11 is 2.94. The Labute approximate surface area is 197 Å². The first kappa shape index (κ1) is 31.8. The van der Waals surface area contributed by atoms with Gasteiger partial charge in [0.1, 0.15) is 0 Å². The van der Waals surface area contributed by atoms with Crippen molar-refractivity contribution >= 4 is 21.9 Å². The zero-order valence-corrected chi connectivity index (χ0v) is 22.6. The summed E-state index contributed by atoms with van der Waals surface area (Å²) in [6, 6.07) is 0. The first-order valence-electron chi connectivity index (χ1n) is 12.4. The average Bonchev–Trinajstić information content (AvgIpc) is 2.71. The van der Waals surface area contributed by atoms with Gasteiger partial charge < -0.3 is 9.22 Å². The van der Waals surface area contributed by atoms with Gasteiger partial charge in [0.25, 0.3) is 0 Å². The topological polar surface area (TPSA) is 26.3 Å². The minimum atomic E-state index is -0.0267. The summed E-state index contributed by atoms with van der Waals surface area (Å²) in [5, 5.41) is 0. The van der Waals surface area contributed by atoms with E-state index in [1.165, 1.54) is 83.5 Å². The van der Waals surface area contributed by atoms with Gasteiger partial charge >= 0.3 is 5.97 Å². The lowest BCUT2D eigenvalue weighted by Crippen LogP contribution is -2.35. The third kappa shape index (κ3) is 29.8. The van der Waals surface area contributed by atoms with Crippen molar-refractivity contribution in [2.24, 2.45) is 0 Å². The zero-order valence-electron chi connectivity index (χ0n) is 21.0. The highest BCUT2D eigenvalue weighted by Gasteiger charge is 2.09. The fraction of sp³-hybridized carbons (Fsp3) is 0.885. The molecule has 3 nitrogen and oxygen atoms in total. The zero-order chi connectivity index (χ0) is 22.9. The van der Waals surface area contributed by atoms with Gasteiger partial charge in [-0.3, -0.25) is 4.79 Å². The van der Waals surface area contributed by atoms with E-state index in [4.69, 9.17) is 4.74 Å². The van der Waals surface area contributed by atoms with Crippen molar-refractivity contribution in [2.45, 2.75) is 110 Å². The molecule has 0 aliphatic heterocycles. The predicted octanol–water partition coefficient (Wildman–Crippen LogP) is 8.06. The molecule has 0 bridgehead atoms. The van der Waals surface area contributed by atoms with Crippen LogP contribution in [-0.2, 0) is 9.53 Å². The Morgan fingerprint density at radius 2 is 1.20 bits per heavy atom. The summed E-state index contributed by atoms with van der Waals surface area (Å²) in [5.41, 5.74) is 0. The second-order valence-corrected chi connectivity index (χ2v) is 9.28.